The molecule has 3 aromatic rings. The molecule has 6 nitrogen and oxygen atoms in total. The van der Waals surface area contributed by atoms with Gasteiger partial charge in [-0.15, -0.1) is 0 Å². The summed E-state index contributed by atoms with van der Waals surface area (Å²) in [5.74, 6) is 1.19. The number of ether oxygens (including phenoxy) is 1. The van der Waals surface area contributed by atoms with E-state index in [1.54, 1.807) is 41.6 Å². The number of rotatable bonds is 7. The number of carbonyl (C=O) groups is 1. The first-order chi connectivity index (χ1) is 14.7. The summed E-state index contributed by atoms with van der Waals surface area (Å²) < 4.78 is 24.2. The van der Waals surface area contributed by atoms with E-state index in [0.717, 1.165) is 17.7 Å². The lowest BCUT2D eigenvalue weighted by atomic mass is 9.93. The largest absolute Gasteiger partial charge is 0.469 e. The molecule has 0 radical (unpaired) electrons. The Morgan fingerprint density at radius 3 is 2.70 bits per heavy atom. The molecule has 0 spiro atoms. The highest BCUT2D eigenvalue weighted by molar-refractivity contribution is 5.94. The number of carbonyl (C=O) groups excluding carboxylic acids is 1. The zero-order valence-electron chi connectivity index (χ0n) is 16.6. The Balaban J connectivity index is 1.41. The van der Waals surface area contributed by atoms with Crippen LogP contribution < -0.4 is 5.32 Å². The van der Waals surface area contributed by atoms with Crippen molar-refractivity contribution in [2.45, 2.75) is 12.3 Å². The fraction of sp³-hybridized carbons (Fsp3) is 0.304. The first kappa shape index (κ1) is 20.1. The minimum absolute atomic E-state index is 0.00809. The van der Waals surface area contributed by atoms with Crippen molar-refractivity contribution in [3.05, 3.63) is 83.7 Å². The van der Waals surface area contributed by atoms with Gasteiger partial charge >= 0.3 is 0 Å². The highest BCUT2D eigenvalue weighted by Gasteiger charge is 2.20. The Kier molecular flexibility index (Phi) is 6.39. The minimum Gasteiger partial charge on any atom is -0.469 e. The van der Waals surface area contributed by atoms with Gasteiger partial charge in [-0.25, -0.2) is 9.37 Å². The second-order valence-corrected chi connectivity index (χ2v) is 7.17. The number of hydrogen-bond acceptors (Lipinski definition) is 5. The monoisotopic (exact) mass is 409 g/mol. The van der Waals surface area contributed by atoms with Crippen LogP contribution in [0.2, 0.25) is 0 Å². The zero-order chi connectivity index (χ0) is 20.8. The maximum atomic E-state index is 13.3. The summed E-state index contributed by atoms with van der Waals surface area (Å²) in [5.41, 5.74) is 1.59. The van der Waals surface area contributed by atoms with Crippen molar-refractivity contribution in [1.29, 1.82) is 0 Å². The Morgan fingerprint density at radius 1 is 1.17 bits per heavy atom. The van der Waals surface area contributed by atoms with Gasteiger partial charge in [0.05, 0.1) is 19.5 Å². The van der Waals surface area contributed by atoms with E-state index in [0.29, 0.717) is 44.2 Å². The van der Waals surface area contributed by atoms with Crippen LogP contribution in [0.5, 0.6) is 0 Å². The summed E-state index contributed by atoms with van der Waals surface area (Å²) >= 11 is 0. The second kappa shape index (κ2) is 9.54. The molecule has 30 heavy (non-hydrogen) atoms. The van der Waals surface area contributed by atoms with Gasteiger partial charge in [-0.1, -0.05) is 12.1 Å². The molecule has 1 aliphatic heterocycles. The van der Waals surface area contributed by atoms with Crippen LogP contribution in [-0.4, -0.2) is 48.6 Å². The molecule has 7 heteroatoms. The number of aromatic nitrogens is 1. The van der Waals surface area contributed by atoms with Crippen molar-refractivity contribution in [2.24, 2.45) is 0 Å². The fourth-order valence-electron chi connectivity index (χ4n) is 3.61. The molecule has 1 N–H and O–H groups in total. The standard InChI is InChI=1S/C23H24FN3O3/c24-19-5-3-17(4-6-19)20(21-2-1-13-30-21)8-10-26-22-16-18(7-9-25-22)23(28)27-11-14-29-15-12-27/h1-7,9,13,16,20H,8,10-12,14-15H2,(H,25,26). The van der Waals surface area contributed by atoms with Crippen LogP contribution in [0.25, 0.3) is 0 Å². The number of hydrogen-bond donors (Lipinski definition) is 1. The minimum atomic E-state index is -0.263. The fourth-order valence-corrected chi connectivity index (χ4v) is 3.61. The molecule has 0 aliphatic carbocycles. The van der Waals surface area contributed by atoms with Crippen molar-refractivity contribution in [3.63, 3.8) is 0 Å². The number of nitrogens with zero attached hydrogens (tertiary/aromatic N) is 2. The number of amides is 1. The molecular formula is C23H24FN3O3. The summed E-state index contributed by atoms with van der Waals surface area (Å²) in [6, 6.07) is 13.8. The van der Waals surface area contributed by atoms with E-state index in [4.69, 9.17) is 9.15 Å². The number of benzene rings is 1. The Morgan fingerprint density at radius 2 is 1.97 bits per heavy atom. The van der Waals surface area contributed by atoms with Crippen molar-refractivity contribution in [2.75, 3.05) is 38.2 Å². The predicted molar refractivity (Wildman–Crippen MR) is 111 cm³/mol. The highest BCUT2D eigenvalue weighted by Crippen LogP contribution is 2.28. The highest BCUT2D eigenvalue weighted by atomic mass is 19.1. The number of morpholine rings is 1. The molecule has 4 rings (SSSR count). The normalized spacial score (nSPS) is 15.0. The van der Waals surface area contributed by atoms with Gasteiger partial charge in [0, 0.05) is 37.3 Å². The molecule has 0 bridgehead atoms. The number of furan rings is 1. The van der Waals surface area contributed by atoms with Gasteiger partial charge in [0.2, 0.25) is 0 Å². The Hall–Kier alpha value is -3.19. The lowest BCUT2D eigenvalue weighted by Crippen LogP contribution is -2.40. The van der Waals surface area contributed by atoms with Crippen molar-refractivity contribution >= 4 is 11.7 Å². The third-order valence-corrected chi connectivity index (χ3v) is 5.20. The van der Waals surface area contributed by atoms with Crippen molar-refractivity contribution in [3.8, 4) is 0 Å². The SMILES string of the molecule is O=C(c1ccnc(NCCC(c2ccc(F)cc2)c2ccco2)c1)N1CCOCC1. The summed E-state index contributed by atoms with van der Waals surface area (Å²) in [6.07, 6.45) is 4.00. The van der Waals surface area contributed by atoms with E-state index in [9.17, 15) is 9.18 Å². The summed E-state index contributed by atoms with van der Waals surface area (Å²) in [5, 5.41) is 3.29. The number of pyridine rings is 1. The molecule has 1 amide bonds. The number of nitrogens with one attached hydrogen (secondary N) is 1. The lowest BCUT2D eigenvalue weighted by molar-refractivity contribution is 0.0303. The summed E-state index contributed by atoms with van der Waals surface area (Å²) in [6.45, 7) is 2.96. The van der Waals surface area contributed by atoms with Crippen LogP contribution in [0.15, 0.2) is 65.4 Å². The topological polar surface area (TPSA) is 67.6 Å². The molecule has 2 aromatic heterocycles. The zero-order valence-corrected chi connectivity index (χ0v) is 16.6. The molecule has 1 fully saturated rings. The maximum Gasteiger partial charge on any atom is 0.254 e. The van der Waals surface area contributed by atoms with Gasteiger partial charge in [0.1, 0.15) is 17.4 Å². The molecular weight excluding hydrogens is 385 g/mol. The van der Waals surface area contributed by atoms with Gasteiger partial charge in [0.25, 0.3) is 5.91 Å². The lowest BCUT2D eigenvalue weighted by Gasteiger charge is -2.26. The molecule has 1 aromatic carbocycles. The third kappa shape index (κ3) is 4.86. The van der Waals surface area contributed by atoms with Crippen molar-refractivity contribution < 1.29 is 18.3 Å². The first-order valence-electron chi connectivity index (χ1n) is 10.1. The van der Waals surface area contributed by atoms with Crippen LogP contribution in [-0.2, 0) is 4.74 Å². The Labute approximate surface area is 174 Å². The van der Waals surface area contributed by atoms with E-state index in [1.807, 2.05) is 12.1 Å². The van der Waals surface area contributed by atoms with E-state index in [2.05, 4.69) is 10.3 Å². The van der Waals surface area contributed by atoms with E-state index < -0.39 is 0 Å². The smallest absolute Gasteiger partial charge is 0.254 e. The van der Waals surface area contributed by atoms with Crippen LogP contribution in [0.4, 0.5) is 10.2 Å². The van der Waals surface area contributed by atoms with E-state index >= 15 is 0 Å². The summed E-state index contributed by atoms with van der Waals surface area (Å²) in [7, 11) is 0. The van der Waals surface area contributed by atoms with E-state index in [-0.39, 0.29) is 17.6 Å². The molecule has 3 heterocycles. The number of halogens is 1. The first-order valence-corrected chi connectivity index (χ1v) is 10.1. The average Bonchev–Trinajstić information content (AvgIpc) is 3.32. The maximum absolute atomic E-state index is 13.3. The predicted octanol–water partition coefficient (Wildman–Crippen LogP) is 3.92. The molecule has 1 unspecified atom stereocenters. The van der Waals surface area contributed by atoms with Gasteiger partial charge in [-0.2, -0.15) is 0 Å². The molecule has 1 saturated heterocycles. The van der Waals surface area contributed by atoms with Crippen molar-refractivity contribution in [1.82, 2.24) is 9.88 Å². The molecule has 156 valence electrons. The van der Waals surface area contributed by atoms with Gasteiger partial charge in [-0.3, -0.25) is 4.79 Å². The Bertz CT molecular complexity index is 954. The molecule has 1 atom stereocenters. The van der Waals surface area contributed by atoms with Crippen LogP contribution >= 0.6 is 0 Å². The average molecular weight is 409 g/mol. The van der Waals surface area contributed by atoms with Gasteiger partial charge in [0.15, 0.2) is 0 Å². The van der Waals surface area contributed by atoms with Crippen LogP contribution in [0.3, 0.4) is 0 Å². The van der Waals surface area contributed by atoms with E-state index in [1.165, 1.54) is 12.1 Å². The van der Waals surface area contributed by atoms with Gasteiger partial charge in [-0.05, 0) is 48.4 Å². The summed E-state index contributed by atoms with van der Waals surface area (Å²) in [4.78, 5) is 18.8. The quantitative estimate of drug-likeness (QED) is 0.641. The molecule has 0 saturated carbocycles. The molecule has 1 aliphatic rings. The second-order valence-electron chi connectivity index (χ2n) is 7.17. The third-order valence-electron chi connectivity index (χ3n) is 5.20. The van der Waals surface area contributed by atoms with Crippen LogP contribution in [0.1, 0.15) is 34.0 Å². The van der Waals surface area contributed by atoms with Gasteiger partial charge < -0.3 is 19.4 Å². The van der Waals surface area contributed by atoms with Crippen LogP contribution in [0, 0.1) is 5.82 Å². The number of anilines is 1.